The molecule has 1 N–H and O–H groups in total. The van der Waals surface area contributed by atoms with Crippen molar-refractivity contribution in [2.45, 2.75) is 39.5 Å². The fourth-order valence-electron chi connectivity index (χ4n) is 1.98. The number of imide groups is 1. The molecule has 0 aromatic carbocycles. The monoisotopic (exact) mass is 227 g/mol. The molecule has 92 valence electrons. The normalized spacial score (nSPS) is 25.6. The molecule has 1 aliphatic rings. The van der Waals surface area contributed by atoms with E-state index in [1.807, 2.05) is 13.8 Å². The lowest BCUT2D eigenvalue weighted by Gasteiger charge is -2.13. The first-order valence-corrected chi connectivity index (χ1v) is 6.05. The van der Waals surface area contributed by atoms with Crippen LogP contribution in [0.25, 0.3) is 0 Å². The lowest BCUT2D eigenvalue weighted by molar-refractivity contribution is -0.139. The molecule has 1 aliphatic heterocycles. The van der Waals surface area contributed by atoms with E-state index in [1.165, 1.54) is 4.90 Å². The minimum atomic E-state index is -0.162. The number of aliphatic hydroxyl groups excluding tert-OH is 1. The van der Waals surface area contributed by atoms with Gasteiger partial charge in [-0.15, -0.1) is 0 Å². The Bertz CT molecular complexity index is 245. The van der Waals surface area contributed by atoms with E-state index in [2.05, 4.69) is 0 Å². The molecule has 0 aromatic rings. The van der Waals surface area contributed by atoms with Crippen LogP contribution in [0.3, 0.4) is 0 Å². The van der Waals surface area contributed by atoms with E-state index in [-0.39, 0.29) is 30.3 Å². The molecular formula is C12H21NO3. The Labute approximate surface area is 96.6 Å². The van der Waals surface area contributed by atoms with Crippen LogP contribution >= 0.6 is 0 Å². The topological polar surface area (TPSA) is 57.6 Å². The maximum atomic E-state index is 11.7. The van der Waals surface area contributed by atoms with E-state index in [1.54, 1.807) is 0 Å². The first-order chi connectivity index (χ1) is 7.59. The summed E-state index contributed by atoms with van der Waals surface area (Å²) in [6.07, 6.45) is 3.56. The molecule has 0 aliphatic carbocycles. The highest BCUT2D eigenvalue weighted by molar-refractivity contribution is 6.04. The summed E-state index contributed by atoms with van der Waals surface area (Å²) in [4.78, 5) is 24.8. The second kappa shape index (κ2) is 5.99. The van der Waals surface area contributed by atoms with Crippen LogP contribution in [0.5, 0.6) is 0 Å². The first kappa shape index (κ1) is 13.2. The Hall–Kier alpha value is -0.900. The van der Waals surface area contributed by atoms with Gasteiger partial charge in [-0.05, 0) is 12.8 Å². The third kappa shape index (κ3) is 2.82. The van der Waals surface area contributed by atoms with Gasteiger partial charge in [-0.1, -0.05) is 26.7 Å². The molecular weight excluding hydrogens is 206 g/mol. The summed E-state index contributed by atoms with van der Waals surface area (Å²) in [6.45, 7) is 4.39. The van der Waals surface area contributed by atoms with Gasteiger partial charge in [0.1, 0.15) is 0 Å². The number of amides is 2. The van der Waals surface area contributed by atoms with E-state index in [4.69, 9.17) is 5.11 Å². The number of carbonyl (C=O) groups excluding carboxylic acids is 2. The Balaban J connectivity index is 2.32. The molecule has 4 heteroatoms. The summed E-state index contributed by atoms with van der Waals surface area (Å²) in [6, 6.07) is 0. The summed E-state index contributed by atoms with van der Waals surface area (Å²) < 4.78 is 0. The zero-order chi connectivity index (χ0) is 12.1. The fourth-order valence-corrected chi connectivity index (χ4v) is 1.98. The molecule has 1 fully saturated rings. The summed E-state index contributed by atoms with van der Waals surface area (Å²) in [5, 5.41) is 8.61. The molecule has 0 bridgehead atoms. The van der Waals surface area contributed by atoms with E-state index in [0.717, 1.165) is 25.7 Å². The number of likely N-dealkylation sites (tertiary alicyclic amines) is 1. The Morgan fingerprint density at radius 2 is 1.50 bits per heavy atom. The van der Waals surface area contributed by atoms with Gasteiger partial charge < -0.3 is 5.11 Å². The number of aliphatic hydroxyl groups is 1. The molecule has 0 radical (unpaired) electrons. The Morgan fingerprint density at radius 1 is 1.00 bits per heavy atom. The molecule has 1 heterocycles. The van der Waals surface area contributed by atoms with Gasteiger partial charge in [-0.3, -0.25) is 14.5 Å². The van der Waals surface area contributed by atoms with Crippen molar-refractivity contribution < 1.29 is 14.7 Å². The van der Waals surface area contributed by atoms with Crippen LogP contribution in [-0.4, -0.2) is 35.0 Å². The van der Waals surface area contributed by atoms with Crippen molar-refractivity contribution in [3.63, 3.8) is 0 Å². The number of carbonyl (C=O) groups is 2. The molecule has 2 atom stereocenters. The Morgan fingerprint density at radius 3 is 2.00 bits per heavy atom. The van der Waals surface area contributed by atoms with Gasteiger partial charge in [-0.2, -0.15) is 0 Å². The number of rotatable bonds is 6. The summed E-state index contributed by atoms with van der Waals surface area (Å²) in [5.41, 5.74) is 0. The third-order valence-electron chi connectivity index (χ3n) is 3.35. The minimum Gasteiger partial charge on any atom is -0.396 e. The summed E-state index contributed by atoms with van der Waals surface area (Å²) in [5.74, 6) is -0.380. The summed E-state index contributed by atoms with van der Waals surface area (Å²) >= 11 is 0. The van der Waals surface area contributed by atoms with Gasteiger partial charge in [-0.25, -0.2) is 0 Å². The van der Waals surface area contributed by atoms with Crippen LogP contribution in [0.1, 0.15) is 39.5 Å². The number of nitrogens with zero attached hydrogens (tertiary/aromatic N) is 1. The molecule has 2 amide bonds. The molecule has 0 saturated carbocycles. The van der Waals surface area contributed by atoms with Gasteiger partial charge in [0.25, 0.3) is 0 Å². The second-order valence-corrected chi connectivity index (χ2v) is 4.54. The minimum absolute atomic E-state index is 0.0281. The zero-order valence-corrected chi connectivity index (χ0v) is 10.1. The maximum Gasteiger partial charge on any atom is 0.232 e. The lowest BCUT2D eigenvalue weighted by Crippen LogP contribution is -2.31. The molecule has 0 spiro atoms. The number of unbranched alkanes of at least 4 members (excludes halogenated alkanes) is 3. The predicted molar refractivity (Wildman–Crippen MR) is 60.6 cm³/mol. The SMILES string of the molecule is CC1C(=O)N(CCCCCCO)C(=O)C1C. The van der Waals surface area contributed by atoms with Crippen LogP contribution < -0.4 is 0 Å². The van der Waals surface area contributed by atoms with Crippen molar-refractivity contribution in [2.24, 2.45) is 11.8 Å². The van der Waals surface area contributed by atoms with Crippen molar-refractivity contribution in [3.8, 4) is 0 Å². The average Bonchev–Trinajstić information content (AvgIpc) is 2.46. The van der Waals surface area contributed by atoms with Gasteiger partial charge in [0.15, 0.2) is 0 Å². The summed E-state index contributed by atoms with van der Waals surface area (Å²) in [7, 11) is 0. The molecule has 1 saturated heterocycles. The largest absolute Gasteiger partial charge is 0.396 e. The van der Waals surface area contributed by atoms with Crippen LogP contribution in [-0.2, 0) is 9.59 Å². The maximum absolute atomic E-state index is 11.7. The van der Waals surface area contributed by atoms with Crippen LogP contribution in [0.4, 0.5) is 0 Å². The molecule has 1 rings (SSSR count). The van der Waals surface area contributed by atoms with Crippen LogP contribution in [0.2, 0.25) is 0 Å². The van der Waals surface area contributed by atoms with Crippen molar-refractivity contribution in [3.05, 3.63) is 0 Å². The van der Waals surface area contributed by atoms with E-state index in [0.29, 0.717) is 6.54 Å². The molecule has 2 unspecified atom stereocenters. The van der Waals surface area contributed by atoms with E-state index in [9.17, 15) is 9.59 Å². The van der Waals surface area contributed by atoms with Crippen LogP contribution in [0, 0.1) is 11.8 Å². The third-order valence-corrected chi connectivity index (χ3v) is 3.35. The molecule has 0 aromatic heterocycles. The quantitative estimate of drug-likeness (QED) is 0.547. The highest BCUT2D eigenvalue weighted by Gasteiger charge is 2.41. The molecule has 16 heavy (non-hydrogen) atoms. The smallest absolute Gasteiger partial charge is 0.232 e. The van der Waals surface area contributed by atoms with Gasteiger partial charge in [0.05, 0.1) is 0 Å². The van der Waals surface area contributed by atoms with Crippen molar-refractivity contribution in [1.29, 1.82) is 0 Å². The fraction of sp³-hybridized carbons (Fsp3) is 0.833. The van der Waals surface area contributed by atoms with E-state index >= 15 is 0 Å². The predicted octanol–water partition coefficient (Wildman–Crippen LogP) is 1.18. The van der Waals surface area contributed by atoms with Gasteiger partial charge >= 0.3 is 0 Å². The molecule has 4 nitrogen and oxygen atoms in total. The van der Waals surface area contributed by atoms with Gasteiger partial charge in [0, 0.05) is 25.0 Å². The second-order valence-electron chi connectivity index (χ2n) is 4.54. The average molecular weight is 227 g/mol. The number of hydrogen-bond acceptors (Lipinski definition) is 3. The highest BCUT2D eigenvalue weighted by atomic mass is 16.3. The van der Waals surface area contributed by atoms with Crippen LogP contribution in [0.15, 0.2) is 0 Å². The van der Waals surface area contributed by atoms with Crippen molar-refractivity contribution >= 4 is 11.8 Å². The Kier molecular flexibility index (Phi) is 4.93. The van der Waals surface area contributed by atoms with E-state index < -0.39 is 0 Å². The zero-order valence-electron chi connectivity index (χ0n) is 10.1. The van der Waals surface area contributed by atoms with Gasteiger partial charge in [0.2, 0.25) is 11.8 Å². The number of hydrogen-bond donors (Lipinski definition) is 1. The van der Waals surface area contributed by atoms with Crippen molar-refractivity contribution in [2.75, 3.05) is 13.2 Å². The standard InChI is InChI=1S/C12H21NO3/c1-9-10(2)12(16)13(11(9)15)7-5-3-4-6-8-14/h9-10,14H,3-8H2,1-2H3. The van der Waals surface area contributed by atoms with Crippen molar-refractivity contribution in [1.82, 2.24) is 4.90 Å². The first-order valence-electron chi connectivity index (χ1n) is 6.05. The highest BCUT2D eigenvalue weighted by Crippen LogP contribution is 2.25. The lowest BCUT2D eigenvalue weighted by atomic mass is 10.00.